The summed E-state index contributed by atoms with van der Waals surface area (Å²) >= 11 is 0. The molecule has 3 heteroatoms. The van der Waals surface area contributed by atoms with E-state index in [1.165, 1.54) is 0 Å². The van der Waals surface area contributed by atoms with Crippen LogP contribution in [0.3, 0.4) is 0 Å². The van der Waals surface area contributed by atoms with E-state index in [2.05, 4.69) is 4.99 Å². The molecule has 2 aromatic carbocycles. The Morgan fingerprint density at radius 2 is 1.82 bits per heavy atom. The van der Waals surface area contributed by atoms with Gasteiger partial charge in [0, 0.05) is 6.21 Å². The van der Waals surface area contributed by atoms with Gasteiger partial charge in [0.2, 0.25) is 0 Å². The first kappa shape index (κ1) is 11.1. The van der Waals surface area contributed by atoms with Gasteiger partial charge in [-0.3, -0.25) is 4.99 Å². The molecule has 0 heterocycles. The first-order chi connectivity index (χ1) is 8.25. The molecule has 0 saturated heterocycles. The van der Waals surface area contributed by atoms with E-state index in [1.54, 1.807) is 24.4 Å². The van der Waals surface area contributed by atoms with E-state index >= 15 is 0 Å². The summed E-state index contributed by atoms with van der Waals surface area (Å²) in [5.41, 5.74) is 1.88. The maximum absolute atomic E-state index is 10.8. The summed E-state index contributed by atoms with van der Waals surface area (Å²) in [5, 5.41) is 8.85. The van der Waals surface area contributed by atoms with Crippen LogP contribution in [-0.2, 0) is 0 Å². The molecule has 84 valence electrons. The van der Waals surface area contributed by atoms with Crippen LogP contribution in [-0.4, -0.2) is 17.3 Å². The number of aromatic carboxylic acids is 1. The summed E-state index contributed by atoms with van der Waals surface area (Å²) < 4.78 is 0. The SMILES string of the molecule is O=C(O)c1cccc(C=Nc2ccccc2)c1. The number of para-hydroxylation sites is 1. The number of rotatable bonds is 3. The molecule has 0 aliphatic heterocycles. The lowest BCUT2D eigenvalue weighted by molar-refractivity contribution is 0.0697. The molecule has 0 aliphatic carbocycles. The topological polar surface area (TPSA) is 49.7 Å². The van der Waals surface area contributed by atoms with Gasteiger partial charge >= 0.3 is 5.97 Å². The molecule has 0 aliphatic rings. The quantitative estimate of drug-likeness (QED) is 0.816. The van der Waals surface area contributed by atoms with Crippen LogP contribution >= 0.6 is 0 Å². The Bertz CT molecular complexity index is 547. The van der Waals surface area contributed by atoms with Crippen LogP contribution in [0.2, 0.25) is 0 Å². The predicted octanol–water partition coefficient (Wildman–Crippen LogP) is 3.14. The number of hydrogen-bond donors (Lipinski definition) is 1. The van der Waals surface area contributed by atoms with E-state index in [4.69, 9.17) is 5.11 Å². The first-order valence-electron chi connectivity index (χ1n) is 5.18. The number of benzene rings is 2. The number of carboxylic acid groups (broad SMARTS) is 1. The molecule has 2 rings (SSSR count). The molecule has 0 aromatic heterocycles. The number of aliphatic imine (C=N–C) groups is 1. The molecule has 0 unspecified atom stereocenters. The summed E-state index contributed by atoms with van der Waals surface area (Å²) in [5.74, 6) is -0.931. The van der Waals surface area contributed by atoms with Crippen molar-refractivity contribution >= 4 is 17.9 Å². The molecule has 0 amide bonds. The zero-order chi connectivity index (χ0) is 12.1. The normalized spacial score (nSPS) is 10.6. The van der Waals surface area contributed by atoms with Crippen molar-refractivity contribution < 1.29 is 9.90 Å². The van der Waals surface area contributed by atoms with Gasteiger partial charge in [-0.05, 0) is 29.8 Å². The second kappa shape index (κ2) is 5.07. The Morgan fingerprint density at radius 3 is 2.53 bits per heavy atom. The Hall–Kier alpha value is -2.42. The van der Waals surface area contributed by atoms with Gasteiger partial charge in [-0.2, -0.15) is 0 Å². The van der Waals surface area contributed by atoms with Crippen LogP contribution in [0, 0.1) is 0 Å². The van der Waals surface area contributed by atoms with Crippen molar-refractivity contribution in [1.29, 1.82) is 0 Å². The van der Waals surface area contributed by atoms with Crippen molar-refractivity contribution in [2.75, 3.05) is 0 Å². The van der Waals surface area contributed by atoms with Crippen LogP contribution in [0.4, 0.5) is 5.69 Å². The van der Waals surface area contributed by atoms with Gasteiger partial charge in [-0.15, -0.1) is 0 Å². The van der Waals surface area contributed by atoms with Crippen LogP contribution in [0.5, 0.6) is 0 Å². The standard InChI is InChI=1S/C14H11NO2/c16-14(17)12-6-4-5-11(9-12)10-15-13-7-2-1-3-8-13/h1-10H,(H,16,17). The Labute approximate surface area is 99.1 Å². The third kappa shape index (κ3) is 3.01. The van der Waals surface area contributed by atoms with E-state index in [-0.39, 0.29) is 5.56 Å². The van der Waals surface area contributed by atoms with Crippen molar-refractivity contribution in [3.8, 4) is 0 Å². The molecular weight excluding hydrogens is 214 g/mol. The molecule has 0 saturated carbocycles. The highest BCUT2D eigenvalue weighted by Gasteiger charge is 2.01. The minimum absolute atomic E-state index is 0.266. The summed E-state index contributed by atoms with van der Waals surface area (Å²) in [6.07, 6.45) is 1.65. The summed E-state index contributed by atoms with van der Waals surface area (Å²) in [6.45, 7) is 0. The predicted molar refractivity (Wildman–Crippen MR) is 67.1 cm³/mol. The minimum atomic E-state index is -0.931. The Balaban J connectivity index is 2.22. The fourth-order valence-electron chi connectivity index (χ4n) is 1.42. The fraction of sp³-hybridized carbons (Fsp3) is 0. The largest absolute Gasteiger partial charge is 0.478 e. The molecular formula is C14H11NO2. The van der Waals surface area contributed by atoms with Crippen molar-refractivity contribution in [1.82, 2.24) is 0 Å². The first-order valence-corrected chi connectivity index (χ1v) is 5.18. The smallest absolute Gasteiger partial charge is 0.335 e. The van der Waals surface area contributed by atoms with Crippen molar-refractivity contribution in [3.05, 3.63) is 65.7 Å². The van der Waals surface area contributed by atoms with Gasteiger partial charge in [0.1, 0.15) is 0 Å². The van der Waals surface area contributed by atoms with E-state index in [9.17, 15) is 4.79 Å². The van der Waals surface area contributed by atoms with Gasteiger partial charge in [0.05, 0.1) is 11.3 Å². The Kier molecular flexibility index (Phi) is 3.31. The van der Waals surface area contributed by atoms with E-state index in [0.717, 1.165) is 11.3 Å². The van der Waals surface area contributed by atoms with Crippen molar-refractivity contribution in [2.45, 2.75) is 0 Å². The van der Waals surface area contributed by atoms with E-state index in [1.807, 2.05) is 36.4 Å². The number of carboxylic acids is 1. The second-order valence-electron chi connectivity index (χ2n) is 3.52. The van der Waals surface area contributed by atoms with Gasteiger partial charge in [-0.1, -0.05) is 30.3 Å². The van der Waals surface area contributed by atoms with E-state index < -0.39 is 5.97 Å². The molecule has 3 nitrogen and oxygen atoms in total. The third-order valence-corrected chi connectivity index (χ3v) is 2.25. The third-order valence-electron chi connectivity index (χ3n) is 2.25. The molecule has 17 heavy (non-hydrogen) atoms. The van der Waals surface area contributed by atoms with Gasteiger partial charge in [0.25, 0.3) is 0 Å². The molecule has 2 aromatic rings. The van der Waals surface area contributed by atoms with Crippen LogP contribution in [0.15, 0.2) is 59.6 Å². The number of nitrogens with zero attached hydrogens (tertiary/aromatic N) is 1. The van der Waals surface area contributed by atoms with Crippen molar-refractivity contribution in [3.63, 3.8) is 0 Å². The van der Waals surface area contributed by atoms with Crippen LogP contribution in [0.25, 0.3) is 0 Å². The second-order valence-corrected chi connectivity index (χ2v) is 3.52. The van der Waals surface area contributed by atoms with Crippen LogP contribution in [0.1, 0.15) is 15.9 Å². The van der Waals surface area contributed by atoms with Crippen molar-refractivity contribution in [2.24, 2.45) is 4.99 Å². The molecule has 0 radical (unpaired) electrons. The number of hydrogen-bond acceptors (Lipinski definition) is 2. The van der Waals surface area contributed by atoms with E-state index in [0.29, 0.717) is 0 Å². The minimum Gasteiger partial charge on any atom is -0.478 e. The molecule has 0 fully saturated rings. The molecule has 0 bridgehead atoms. The lowest BCUT2D eigenvalue weighted by Gasteiger charge is -1.96. The van der Waals surface area contributed by atoms with Crippen LogP contribution < -0.4 is 0 Å². The highest BCUT2D eigenvalue weighted by molar-refractivity contribution is 5.91. The highest BCUT2D eigenvalue weighted by Crippen LogP contribution is 2.10. The fourth-order valence-corrected chi connectivity index (χ4v) is 1.42. The summed E-state index contributed by atoms with van der Waals surface area (Å²) in [4.78, 5) is 15.0. The van der Waals surface area contributed by atoms with Gasteiger partial charge < -0.3 is 5.11 Å². The zero-order valence-corrected chi connectivity index (χ0v) is 9.08. The monoisotopic (exact) mass is 225 g/mol. The molecule has 0 spiro atoms. The van der Waals surface area contributed by atoms with Gasteiger partial charge in [-0.25, -0.2) is 4.79 Å². The maximum Gasteiger partial charge on any atom is 0.335 e. The molecule has 1 N–H and O–H groups in total. The average Bonchev–Trinajstić information content (AvgIpc) is 2.38. The average molecular weight is 225 g/mol. The lowest BCUT2D eigenvalue weighted by atomic mass is 10.1. The maximum atomic E-state index is 10.8. The summed E-state index contributed by atoms with van der Waals surface area (Å²) in [6, 6.07) is 16.2. The zero-order valence-electron chi connectivity index (χ0n) is 9.08. The van der Waals surface area contributed by atoms with Gasteiger partial charge in [0.15, 0.2) is 0 Å². The summed E-state index contributed by atoms with van der Waals surface area (Å²) in [7, 11) is 0. The Morgan fingerprint density at radius 1 is 1.06 bits per heavy atom. The number of carbonyl (C=O) groups is 1. The lowest BCUT2D eigenvalue weighted by Crippen LogP contribution is -1.96. The highest BCUT2D eigenvalue weighted by atomic mass is 16.4. The molecule has 0 atom stereocenters.